The fourth-order valence-corrected chi connectivity index (χ4v) is 4.77. The van der Waals surface area contributed by atoms with Crippen LogP contribution in [0.4, 0.5) is 0 Å². The maximum atomic E-state index is 12.4. The molecule has 39 heavy (non-hydrogen) atoms. The average molecular weight is 551 g/mol. The van der Waals surface area contributed by atoms with E-state index >= 15 is 0 Å². The predicted molar refractivity (Wildman–Crippen MR) is 130 cm³/mol. The van der Waals surface area contributed by atoms with Gasteiger partial charge in [0.15, 0.2) is 17.8 Å². The molecular formula is C26H30O13. The summed E-state index contributed by atoms with van der Waals surface area (Å²) in [5.74, 6) is -3.05. The number of carbonyl (C=O) groups excluding carboxylic acids is 1. The lowest BCUT2D eigenvalue weighted by atomic mass is 9.83. The highest BCUT2D eigenvalue weighted by Crippen LogP contribution is 2.44. The lowest BCUT2D eigenvalue weighted by molar-refractivity contribution is -0.339. The Morgan fingerprint density at radius 1 is 1.13 bits per heavy atom. The first-order valence-electron chi connectivity index (χ1n) is 12.1. The Morgan fingerprint density at radius 3 is 2.59 bits per heavy atom. The maximum absolute atomic E-state index is 12.4. The molecule has 0 spiro atoms. The number of allylic oxidation sites excluding steroid dienone is 1. The molecule has 13 heteroatoms. The van der Waals surface area contributed by atoms with Gasteiger partial charge in [0.05, 0.1) is 31.5 Å². The maximum Gasteiger partial charge on any atom is 0.335 e. The monoisotopic (exact) mass is 550 g/mol. The van der Waals surface area contributed by atoms with E-state index < -0.39 is 67.4 Å². The first-order chi connectivity index (χ1) is 18.6. The number of carboxylic acids is 1. The molecule has 1 saturated heterocycles. The number of esters is 1. The summed E-state index contributed by atoms with van der Waals surface area (Å²) < 4.78 is 27.1. The molecule has 4 rings (SSSR count). The van der Waals surface area contributed by atoms with E-state index in [1.54, 1.807) is 12.1 Å². The number of carboxylic acid groups (broad SMARTS) is 1. The Labute approximate surface area is 222 Å². The van der Waals surface area contributed by atoms with Crippen molar-refractivity contribution < 1.29 is 63.9 Å². The molecule has 1 fully saturated rings. The van der Waals surface area contributed by atoms with Crippen molar-refractivity contribution >= 4 is 18.0 Å². The topological polar surface area (TPSA) is 202 Å². The van der Waals surface area contributed by atoms with Crippen LogP contribution >= 0.6 is 0 Å². The number of phenolic OH excluding ortho intramolecular Hbond substituents is 1. The zero-order valence-corrected chi connectivity index (χ0v) is 20.8. The summed E-state index contributed by atoms with van der Waals surface area (Å²) >= 11 is 0. The molecule has 0 amide bonds. The highest BCUT2D eigenvalue weighted by Gasteiger charge is 2.49. The van der Waals surface area contributed by atoms with E-state index in [1.165, 1.54) is 31.4 Å². The van der Waals surface area contributed by atoms with Crippen molar-refractivity contribution in [2.45, 2.75) is 43.4 Å². The smallest absolute Gasteiger partial charge is 0.335 e. The number of fused-ring (bicyclic) bond motifs is 1. The number of aliphatic carboxylic acids is 1. The molecule has 2 heterocycles. The minimum absolute atomic E-state index is 0.0209. The van der Waals surface area contributed by atoms with Crippen molar-refractivity contribution in [1.29, 1.82) is 0 Å². The van der Waals surface area contributed by atoms with Crippen LogP contribution < -0.4 is 4.74 Å². The molecule has 6 N–H and O–H groups in total. The number of aliphatic hydroxyl groups is 4. The SMILES string of the molecule is COc1cc(/C=C/C(=O)OCC2=CC[C@@H]3C(C(=O)O)=CO[C@@H](O[C@@H]4O[C@H](CO)[C@@H](O)[C@H](O)[C@H]4O)[C@H]23)ccc1O. The summed E-state index contributed by atoms with van der Waals surface area (Å²) in [6.45, 7) is -0.870. The molecule has 0 bridgehead atoms. The van der Waals surface area contributed by atoms with Gasteiger partial charge in [-0.05, 0) is 35.8 Å². The van der Waals surface area contributed by atoms with Crippen molar-refractivity contribution in [3.63, 3.8) is 0 Å². The van der Waals surface area contributed by atoms with Crippen molar-refractivity contribution in [2.24, 2.45) is 11.8 Å². The lowest BCUT2D eigenvalue weighted by Gasteiger charge is -2.42. The quantitative estimate of drug-likeness (QED) is 0.133. The number of aliphatic hydroxyl groups excluding tert-OH is 4. The molecule has 2 aliphatic heterocycles. The van der Waals surface area contributed by atoms with Gasteiger partial charge in [0.2, 0.25) is 6.29 Å². The molecule has 0 aromatic heterocycles. The summed E-state index contributed by atoms with van der Waals surface area (Å²) in [7, 11) is 1.40. The van der Waals surface area contributed by atoms with Gasteiger partial charge in [-0.1, -0.05) is 12.1 Å². The first-order valence-corrected chi connectivity index (χ1v) is 12.1. The average Bonchev–Trinajstić information content (AvgIpc) is 3.36. The molecule has 13 nitrogen and oxygen atoms in total. The zero-order valence-electron chi connectivity index (χ0n) is 20.8. The normalized spacial score (nSPS) is 32.1. The van der Waals surface area contributed by atoms with Gasteiger partial charge in [0.25, 0.3) is 0 Å². The number of carbonyl (C=O) groups is 2. The summed E-state index contributed by atoms with van der Waals surface area (Å²) in [6, 6.07) is 4.52. The molecule has 0 saturated carbocycles. The van der Waals surface area contributed by atoms with E-state index in [0.717, 1.165) is 6.26 Å². The minimum atomic E-state index is -1.69. The molecule has 8 atom stereocenters. The van der Waals surface area contributed by atoms with Crippen LogP contribution in [0.5, 0.6) is 11.5 Å². The number of aromatic hydroxyl groups is 1. The summed E-state index contributed by atoms with van der Waals surface area (Å²) in [5.41, 5.74) is 1.06. The second kappa shape index (κ2) is 12.2. The number of rotatable bonds is 9. The molecule has 0 radical (unpaired) electrons. The van der Waals surface area contributed by atoms with Crippen LogP contribution in [0.3, 0.4) is 0 Å². The van der Waals surface area contributed by atoms with Gasteiger partial charge in [-0.25, -0.2) is 9.59 Å². The molecule has 1 aromatic rings. The van der Waals surface area contributed by atoms with Crippen LogP contribution in [0.1, 0.15) is 12.0 Å². The number of methoxy groups -OCH3 is 1. The van der Waals surface area contributed by atoms with Crippen molar-refractivity contribution in [3.05, 3.63) is 53.3 Å². The molecule has 0 unspecified atom stereocenters. The van der Waals surface area contributed by atoms with Crippen molar-refractivity contribution in [1.82, 2.24) is 0 Å². The van der Waals surface area contributed by atoms with Crippen LogP contribution in [0, 0.1) is 11.8 Å². The second-order valence-electron chi connectivity index (χ2n) is 9.24. The van der Waals surface area contributed by atoms with E-state index in [4.69, 9.17) is 23.7 Å². The van der Waals surface area contributed by atoms with E-state index in [2.05, 4.69) is 0 Å². The second-order valence-corrected chi connectivity index (χ2v) is 9.24. The summed E-state index contributed by atoms with van der Waals surface area (Å²) in [6.07, 6.45) is -3.18. The highest BCUT2D eigenvalue weighted by atomic mass is 16.8. The Kier molecular flexibility index (Phi) is 8.90. The van der Waals surface area contributed by atoms with Crippen LogP contribution in [0.2, 0.25) is 0 Å². The highest BCUT2D eigenvalue weighted by molar-refractivity contribution is 5.88. The fourth-order valence-electron chi connectivity index (χ4n) is 4.77. The summed E-state index contributed by atoms with van der Waals surface area (Å²) in [4.78, 5) is 24.2. The van der Waals surface area contributed by atoms with E-state index in [0.29, 0.717) is 11.1 Å². The van der Waals surface area contributed by atoms with Crippen molar-refractivity contribution in [3.8, 4) is 11.5 Å². The predicted octanol–water partition coefficient (Wildman–Crippen LogP) is -0.339. The number of phenols is 1. The molecule has 1 aromatic carbocycles. The third-order valence-corrected chi connectivity index (χ3v) is 6.88. The van der Waals surface area contributed by atoms with Gasteiger partial charge < -0.3 is 54.3 Å². The molecular weight excluding hydrogens is 520 g/mol. The number of hydrogen-bond acceptors (Lipinski definition) is 12. The Morgan fingerprint density at radius 2 is 1.90 bits per heavy atom. The third kappa shape index (κ3) is 6.08. The van der Waals surface area contributed by atoms with E-state index in [9.17, 15) is 40.2 Å². The third-order valence-electron chi connectivity index (χ3n) is 6.88. The van der Waals surface area contributed by atoms with Gasteiger partial charge in [0, 0.05) is 12.0 Å². The number of hydrogen-bond donors (Lipinski definition) is 6. The number of benzene rings is 1. The standard InChI is InChI=1S/C26H30O13/c1-35-17-8-12(2-6-16(17)28)3-7-19(29)36-10-13-4-5-14-15(24(33)34)11-37-25(20(13)14)39-26-23(32)22(31)21(30)18(9-27)38-26/h2-4,6-8,11,14,18,20-23,25-28,30-32H,5,9-10H2,1H3,(H,33,34)/b7-3+/t14-,18-,20-,21-,22+,23-,25+,26+/m1/s1. The van der Waals surface area contributed by atoms with Gasteiger partial charge in [-0.3, -0.25) is 0 Å². The van der Waals surface area contributed by atoms with E-state index in [-0.39, 0.29) is 30.1 Å². The van der Waals surface area contributed by atoms with Crippen LogP contribution in [0.25, 0.3) is 6.08 Å². The Balaban J connectivity index is 1.45. The Hall–Kier alpha value is -3.46. The number of ether oxygens (including phenoxy) is 5. The molecule has 212 valence electrons. The fraction of sp³-hybridized carbons (Fsp3) is 0.462. The van der Waals surface area contributed by atoms with Crippen LogP contribution in [-0.2, 0) is 28.5 Å². The Bertz CT molecular complexity index is 1160. The largest absolute Gasteiger partial charge is 0.504 e. The summed E-state index contributed by atoms with van der Waals surface area (Å²) in [5, 5.41) is 59.2. The lowest BCUT2D eigenvalue weighted by Crippen LogP contribution is -2.60. The first kappa shape index (κ1) is 28.5. The van der Waals surface area contributed by atoms with E-state index in [1.807, 2.05) is 0 Å². The van der Waals surface area contributed by atoms with Crippen LogP contribution in [0.15, 0.2) is 47.8 Å². The molecule has 3 aliphatic rings. The van der Waals surface area contributed by atoms with Gasteiger partial charge in [-0.2, -0.15) is 0 Å². The van der Waals surface area contributed by atoms with Crippen molar-refractivity contribution in [2.75, 3.05) is 20.3 Å². The van der Waals surface area contributed by atoms with Crippen LogP contribution in [-0.4, -0.2) is 99.9 Å². The molecule has 1 aliphatic carbocycles. The van der Waals surface area contributed by atoms with Gasteiger partial charge >= 0.3 is 11.9 Å². The van der Waals surface area contributed by atoms with Gasteiger partial charge in [-0.15, -0.1) is 0 Å². The van der Waals surface area contributed by atoms with Gasteiger partial charge in [0.1, 0.15) is 31.0 Å². The zero-order chi connectivity index (χ0) is 28.3. The minimum Gasteiger partial charge on any atom is -0.504 e.